The van der Waals surface area contributed by atoms with Gasteiger partial charge in [0.05, 0.1) is 15.1 Å². The number of sulfonamides is 1. The van der Waals surface area contributed by atoms with Crippen LogP contribution in [0.15, 0.2) is 56.7 Å². The topological polar surface area (TPSA) is 114 Å². The fraction of sp³-hybridized carbons (Fsp3) is 0.300. The van der Waals surface area contributed by atoms with Crippen LogP contribution in [0.25, 0.3) is 10.2 Å². The Labute approximate surface area is 198 Å². The van der Waals surface area contributed by atoms with Crippen molar-refractivity contribution in [2.75, 3.05) is 24.7 Å². The van der Waals surface area contributed by atoms with Gasteiger partial charge in [-0.1, -0.05) is 39.4 Å². The number of anilines is 1. The summed E-state index contributed by atoms with van der Waals surface area (Å²) in [5.74, 6) is -0.554. The van der Waals surface area contributed by atoms with E-state index < -0.39 is 19.9 Å². The molecule has 1 aliphatic heterocycles. The average molecular weight is 559 g/mol. The van der Waals surface area contributed by atoms with Gasteiger partial charge in [0, 0.05) is 29.7 Å². The molecule has 12 heteroatoms. The third-order valence-electron chi connectivity index (χ3n) is 5.27. The lowest BCUT2D eigenvalue weighted by Crippen LogP contribution is -2.41. The van der Waals surface area contributed by atoms with Crippen molar-refractivity contribution in [2.45, 2.75) is 22.6 Å². The lowest BCUT2D eigenvalue weighted by Gasteiger charge is -2.30. The first-order chi connectivity index (χ1) is 15.1. The van der Waals surface area contributed by atoms with Crippen LogP contribution in [0.5, 0.6) is 0 Å². The molecular weight excluding hydrogens is 538 g/mol. The summed E-state index contributed by atoms with van der Waals surface area (Å²) >= 11 is 4.79. The van der Waals surface area contributed by atoms with E-state index in [1.54, 1.807) is 0 Å². The molecule has 0 spiro atoms. The molecule has 1 aliphatic rings. The summed E-state index contributed by atoms with van der Waals surface area (Å²) in [6, 6.07) is 11.3. The number of halogens is 1. The van der Waals surface area contributed by atoms with E-state index in [-0.39, 0.29) is 34.7 Å². The number of carbonyl (C=O) groups is 1. The fourth-order valence-electron chi connectivity index (χ4n) is 3.63. The predicted octanol–water partition coefficient (Wildman–Crippen LogP) is 3.50. The molecule has 1 saturated heterocycles. The summed E-state index contributed by atoms with van der Waals surface area (Å²) in [6.45, 7) is 0.261. The number of hydrogen-bond acceptors (Lipinski definition) is 7. The number of hydrogen-bond donors (Lipinski definition) is 1. The molecule has 170 valence electrons. The maximum Gasteiger partial charge on any atom is 0.244 e. The van der Waals surface area contributed by atoms with E-state index in [0.29, 0.717) is 18.0 Å². The Kier molecular flexibility index (Phi) is 6.43. The lowest BCUT2D eigenvalue weighted by molar-refractivity contribution is -0.120. The van der Waals surface area contributed by atoms with Crippen LogP contribution < -0.4 is 5.32 Å². The number of nitrogens with one attached hydrogen (secondary N) is 1. The van der Waals surface area contributed by atoms with Crippen molar-refractivity contribution in [3.8, 4) is 0 Å². The third kappa shape index (κ3) is 4.74. The van der Waals surface area contributed by atoms with E-state index >= 15 is 0 Å². The molecule has 1 N–H and O–H groups in total. The summed E-state index contributed by atoms with van der Waals surface area (Å²) in [4.78, 5) is 16.7. The molecule has 1 fully saturated rings. The number of carbonyl (C=O) groups excluding carboxylic acids is 1. The van der Waals surface area contributed by atoms with Gasteiger partial charge in [0.25, 0.3) is 0 Å². The second-order valence-corrected chi connectivity index (χ2v) is 13.4. The van der Waals surface area contributed by atoms with Gasteiger partial charge in [-0.3, -0.25) is 4.79 Å². The molecule has 0 saturated carbocycles. The van der Waals surface area contributed by atoms with Crippen LogP contribution in [-0.4, -0.2) is 51.4 Å². The number of nitrogens with zero attached hydrogens (tertiary/aromatic N) is 2. The molecule has 0 aliphatic carbocycles. The van der Waals surface area contributed by atoms with E-state index in [9.17, 15) is 21.6 Å². The second kappa shape index (κ2) is 8.82. The van der Waals surface area contributed by atoms with Crippen molar-refractivity contribution in [1.82, 2.24) is 9.29 Å². The maximum atomic E-state index is 13.1. The van der Waals surface area contributed by atoms with Crippen LogP contribution >= 0.6 is 27.3 Å². The molecule has 0 atom stereocenters. The number of sulfone groups is 1. The second-order valence-electron chi connectivity index (χ2n) is 7.52. The molecule has 4 rings (SSSR count). The van der Waals surface area contributed by atoms with E-state index in [1.807, 2.05) is 18.2 Å². The zero-order chi connectivity index (χ0) is 23.1. The van der Waals surface area contributed by atoms with E-state index in [2.05, 4.69) is 26.2 Å². The molecule has 0 unspecified atom stereocenters. The molecule has 1 aromatic heterocycles. The highest BCUT2D eigenvalue weighted by Crippen LogP contribution is 2.31. The minimum atomic E-state index is -4.00. The minimum absolute atomic E-state index is 0.130. The number of benzene rings is 2. The Bertz CT molecular complexity index is 1390. The van der Waals surface area contributed by atoms with Crippen molar-refractivity contribution in [1.29, 1.82) is 0 Å². The highest BCUT2D eigenvalue weighted by Gasteiger charge is 2.34. The highest BCUT2D eigenvalue weighted by molar-refractivity contribution is 9.10. The summed E-state index contributed by atoms with van der Waals surface area (Å²) in [7, 11) is -7.70. The summed E-state index contributed by atoms with van der Waals surface area (Å²) in [6.07, 6.45) is 1.66. The molecule has 32 heavy (non-hydrogen) atoms. The van der Waals surface area contributed by atoms with Gasteiger partial charge in [0.1, 0.15) is 4.90 Å². The number of thiazole rings is 1. The smallest absolute Gasteiger partial charge is 0.244 e. The molecule has 0 radical (unpaired) electrons. The van der Waals surface area contributed by atoms with E-state index in [0.717, 1.165) is 20.9 Å². The van der Waals surface area contributed by atoms with Gasteiger partial charge in [0.15, 0.2) is 15.0 Å². The minimum Gasteiger partial charge on any atom is -0.302 e. The largest absolute Gasteiger partial charge is 0.302 e. The van der Waals surface area contributed by atoms with Gasteiger partial charge in [-0.2, -0.15) is 4.31 Å². The number of rotatable bonds is 5. The number of aromatic nitrogens is 1. The van der Waals surface area contributed by atoms with Gasteiger partial charge in [-0.05, 0) is 43.2 Å². The van der Waals surface area contributed by atoms with Gasteiger partial charge in [0.2, 0.25) is 15.9 Å². The molecule has 2 aromatic carbocycles. The molecule has 1 amide bonds. The molecule has 2 heterocycles. The zero-order valence-corrected chi connectivity index (χ0v) is 21.0. The standard InChI is InChI=1S/C20H20BrN3O5S3/c1-31(26,27)17-4-2-3-5-18(17)32(28,29)24-10-8-13(9-11-24)19(25)23-20-22-15-7-6-14(21)12-16(15)30-20/h2-7,12-13H,8-11H2,1H3,(H,22,23,25). The molecule has 3 aromatic rings. The van der Waals surface area contributed by atoms with Crippen molar-refractivity contribution in [2.24, 2.45) is 5.92 Å². The zero-order valence-electron chi connectivity index (χ0n) is 17.0. The van der Waals surface area contributed by atoms with Crippen molar-refractivity contribution in [3.05, 3.63) is 46.9 Å². The fourth-order valence-corrected chi connectivity index (χ4v) is 8.12. The van der Waals surface area contributed by atoms with Gasteiger partial charge >= 0.3 is 0 Å². The Hall–Kier alpha value is -1.86. The number of fused-ring (bicyclic) bond motifs is 1. The Morgan fingerprint density at radius 2 is 1.75 bits per heavy atom. The van der Waals surface area contributed by atoms with Crippen LogP contribution in [-0.2, 0) is 24.7 Å². The van der Waals surface area contributed by atoms with Crippen molar-refractivity contribution in [3.63, 3.8) is 0 Å². The highest BCUT2D eigenvalue weighted by atomic mass is 79.9. The Balaban J connectivity index is 1.45. The van der Waals surface area contributed by atoms with Gasteiger partial charge in [-0.25, -0.2) is 21.8 Å². The van der Waals surface area contributed by atoms with Crippen LogP contribution in [0, 0.1) is 5.92 Å². The first kappa shape index (κ1) is 23.3. The van der Waals surface area contributed by atoms with Crippen LogP contribution in [0.3, 0.4) is 0 Å². The first-order valence-corrected chi connectivity index (χ1v) is 14.7. The summed E-state index contributed by atoms with van der Waals surface area (Å²) in [5.41, 5.74) is 0.791. The van der Waals surface area contributed by atoms with E-state index in [4.69, 9.17) is 0 Å². The molecule has 8 nitrogen and oxygen atoms in total. The maximum absolute atomic E-state index is 13.1. The Morgan fingerprint density at radius 1 is 1.09 bits per heavy atom. The van der Waals surface area contributed by atoms with Crippen molar-refractivity contribution >= 4 is 68.4 Å². The first-order valence-electron chi connectivity index (χ1n) is 9.72. The number of amides is 1. The summed E-state index contributed by atoms with van der Waals surface area (Å²) < 4.78 is 53.4. The monoisotopic (exact) mass is 557 g/mol. The van der Waals surface area contributed by atoms with Crippen LogP contribution in [0.1, 0.15) is 12.8 Å². The normalized spacial score (nSPS) is 16.3. The number of piperidine rings is 1. The van der Waals surface area contributed by atoms with Crippen LogP contribution in [0.2, 0.25) is 0 Å². The summed E-state index contributed by atoms with van der Waals surface area (Å²) in [5, 5.41) is 3.34. The average Bonchev–Trinajstić information content (AvgIpc) is 3.14. The van der Waals surface area contributed by atoms with Crippen molar-refractivity contribution < 1.29 is 21.6 Å². The lowest BCUT2D eigenvalue weighted by atomic mass is 9.97. The SMILES string of the molecule is CS(=O)(=O)c1ccccc1S(=O)(=O)N1CCC(C(=O)Nc2nc3ccc(Br)cc3s2)CC1. The van der Waals surface area contributed by atoms with Gasteiger partial charge in [-0.15, -0.1) is 0 Å². The molecular formula is C20H20BrN3O5S3. The quantitative estimate of drug-likeness (QED) is 0.513. The van der Waals surface area contributed by atoms with Crippen LogP contribution in [0.4, 0.5) is 5.13 Å². The molecule has 0 bridgehead atoms. The predicted molar refractivity (Wildman–Crippen MR) is 127 cm³/mol. The third-order valence-corrected chi connectivity index (χ3v) is 9.94. The van der Waals surface area contributed by atoms with Gasteiger partial charge < -0.3 is 5.32 Å². The Morgan fingerprint density at radius 3 is 2.41 bits per heavy atom. The van der Waals surface area contributed by atoms with E-state index in [1.165, 1.54) is 39.9 Å².